The molecule has 1 heterocycles. The van der Waals surface area contributed by atoms with Crippen molar-refractivity contribution in [2.75, 3.05) is 14.1 Å². The Kier molecular flexibility index (Phi) is 2.46. The zero-order valence-electron chi connectivity index (χ0n) is 8.57. The first-order chi connectivity index (χ1) is 6.75. The highest BCUT2D eigenvalue weighted by atomic mass is 15.0. The van der Waals surface area contributed by atoms with Crippen molar-refractivity contribution in [1.82, 2.24) is 9.88 Å². The zero-order chi connectivity index (χ0) is 9.97. The van der Waals surface area contributed by atoms with Gasteiger partial charge in [0.1, 0.15) is 0 Å². The first-order valence-electron chi connectivity index (χ1n) is 4.74. The maximum absolute atomic E-state index is 4.29. The second-order valence-corrected chi connectivity index (χ2v) is 3.77. The summed E-state index contributed by atoms with van der Waals surface area (Å²) in [6.45, 7) is 0.977. The summed E-state index contributed by atoms with van der Waals surface area (Å²) >= 11 is 0. The highest BCUT2D eigenvalue weighted by Crippen LogP contribution is 2.13. The maximum Gasteiger partial charge on any atom is 0.0702 e. The van der Waals surface area contributed by atoms with Gasteiger partial charge in [-0.3, -0.25) is 4.98 Å². The lowest BCUT2D eigenvalue weighted by molar-refractivity contribution is 0.403. The summed E-state index contributed by atoms with van der Waals surface area (Å²) in [4.78, 5) is 6.45. The van der Waals surface area contributed by atoms with Crippen LogP contribution in [0, 0.1) is 0 Å². The van der Waals surface area contributed by atoms with Crippen LogP contribution in [0.15, 0.2) is 36.5 Å². The van der Waals surface area contributed by atoms with Crippen LogP contribution in [-0.4, -0.2) is 24.0 Å². The quantitative estimate of drug-likeness (QED) is 0.715. The predicted octanol–water partition coefficient (Wildman–Crippen LogP) is 2.30. The topological polar surface area (TPSA) is 16.1 Å². The summed E-state index contributed by atoms with van der Waals surface area (Å²) in [5.74, 6) is 0. The monoisotopic (exact) mass is 186 g/mol. The highest BCUT2D eigenvalue weighted by molar-refractivity contribution is 5.78. The van der Waals surface area contributed by atoms with Crippen LogP contribution in [0.4, 0.5) is 0 Å². The minimum absolute atomic E-state index is 0.977. The molecule has 0 N–H and O–H groups in total. The number of hydrogen-bond acceptors (Lipinski definition) is 2. The minimum atomic E-state index is 0.977. The van der Waals surface area contributed by atoms with E-state index in [2.05, 4.69) is 48.2 Å². The van der Waals surface area contributed by atoms with Crippen LogP contribution in [0.1, 0.15) is 5.56 Å². The van der Waals surface area contributed by atoms with E-state index in [0.717, 1.165) is 12.1 Å². The summed E-state index contributed by atoms with van der Waals surface area (Å²) in [7, 11) is 4.15. The summed E-state index contributed by atoms with van der Waals surface area (Å²) in [5, 5.41) is 1.21. The van der Waals surface area contributed by atoms with Gasteiger partial charge in [0.15, 0.2) is 0 Å². The second-order valence-electron chi connectivity index (χ2n) is 3.77. The van der Waals surface area contributed by atoms with E-state index < -0.39 is 0 Å². The van der Waals surface area contributed by atoms with Crippen molar-refractivity contribution in [3.63, 3.8) is 0 Å². The molecule has 0 saturated heterocycles. The van der Waals surface area contributed by atoms with Crippen LogP contribution in [0.25, 0.3) is 10.9 Å². The van der Waals surface area contributed by atoms with E-state index in [-0.39, 0.29) is 0 Å². The smallest absolute Gasteiger partial charge is 0.0702 e. The molecule has 72 valence electrons. The Morgan fingerprint density at radius 1 is 1.21 bits per heavy atom. The molecule has 0 aliphatic heterocycles. The van der Waals surface area contributed by atoms with Gasteiger partial charge in [-0.2, -0.15) is 0 Å². The molecule has 0 bridgehead atoms. The van der Waals surface area contributed by atoms with Crippen molar-refractivity contribution in [2.45, 2.75) is 6.54 Å². The van der Waals surface area contributed by atoms with E-state index in [1.807, 2.05) is 12.3 Å². The first kappa shape index (κ1) is 9.16. The molecule has 2 nitrogen and oxygen atoms in total. The van der Waals surface area contributed by atoms with E-state index in [1.54, 1.807) is 0 Å². The molecule has 0 aliphatic carbocycles. The Labute approximate surface area is 84.2 Å². The SMILES string of the molecule is CN(C)Cc1ccc2ncccc2c1. The fourth-order valence-corrected chi connectivity index (χ4v) is 1.59. The first-order valence-corrected chi connectivity index (χ1v) is 4.74. The van der Waals surface area contributed by atoms with Gasteiger partial charge in [0.2, 0.25) is 0 Å². The van der Waals surface area contributed by atoms with E-state index in [1.165, 1.54) is 10.9 Å². The molecule has 0 radical (unpaired) electrons. The summed E-state index contributed by atoms with van der Waals surface area (Å²) in [5.41, 5.74) is 2.39. The van der Waals surface area contributed by atoms with E-state index in [4.69, 9.17) is 0 Å². The van der Waals surface area contributed by atoms with Crippen molar-refractivity contribution >= 4 is 10.9 Å². The Bertz CT molecular complexity index is 435. The number of benzene rings is 1. The average molecular weight is 186 g/mol. The Morgan fingerprint density at radius 3 is 2.86 bits per heavy atom. The average Bonchev–Trinajstić information content (AvgIpc) is 2.17. The third-order valence-corrected chi connectivity index (χ3v) is 2.17. The lowest BCUT2D eigenvalue weighted by Crippen LogP contribution is -2.10. The minimum Gasteiger partial charge on any atom is -0.305 e. The standard InChI is InChI=1S/C12H14N2/c1-14(2)9-10-5-6-12-11(8-10)4-3-7-13-12/h3-8H,9H2,1-2H3. The Balaban J connectivity index is 2.41. The van der Waals surface area contributed by atoms with Crippen LogP contribution in [0.5, 0.6) is 0 Å². The predicted molar refractivity (Wildman–Crippen MR) is 59.1 cm³/mol. The van der Waals surface area contributed by atoms with E-state index in [9.17, 15) is 0 Å². The van der Waals surface area contributed by atoms with Gasteiger partial charge >= 0.3 is 0 Å². The summed E-state index contributed by atoms with van der Waals surface area (Å²) in [6, 6.07) is 10.5. The number of fused-ring (bicyclic) bond motifs is 1. The molecule has 2 heteroatoms. The van der Waals surface area contributed by atoms with Gasteiger partial charge in [0, 0.05) is 18.1 Å². The molecule has 0 saturated carbocycles. The number of rotatable bonds is 2. The van der Waals surface area contributed by atoms with Gasteiger partial charge in [0.25, 0.3) is 0 Å². The van der Waals surface area contributed by atoms with Crippen LogP contribution >= 0.6 is 0 Å². The molecule has 0 atom stereocenters. The largest absolute Gasteiger partial charge is 0.305 e. The molecule has 14 heavy (non-hydrogen) atoms. The molecule has 0 amide bonds. The van der Waals surface area contributed by atoms with Gasteiger partial charge in [-0.05, 0) is 37.9 Å². The molecular formula is C12H14N2. The highest BCUT2D eigenvalue weighted by Gasteiger charge is 1.97. The molecule has 0 unspecified atom stereocenters. The van der Waals surface area contributed by atoms with Crippen molar-refractivity contribution < 1.29 is 0 Å². The lowest BCUT2D eigenvalue weighted by atomic mass is 10.1. The van der Waals surface area contributed by atoms with Crippen molar-refractivity contribution in [2.24, 2.45) is 0 Å². The van der Waals surface area contributed by atoms with Gasteiger partial charge < -0.3 is 4.90 Å². The van der Waals surface area contributed by atoms with Crippen LogP contribution in [-0.2, 0) is 6.54 Å². The van der Waals surface area contributed by atoms with Gasteiger partial charge in [-0.1, -0.05) is 12.1 Å². The molecule has 2 rings (SSSR count). The van der Waals surface area contributed by atoms with Crippen LogP contribution in [0.2, 0.25) is 0 Å². The fraction of sp³-hybridized carbons (Fsp3) is 0.250. The van der Waals surface area contributed by atoms with Gasteiger partial charge in [0.05, 0.1) is 5.52 Å². The molecular weight excluding hydrogens is 172 g/mol. The third-order valence-electron chi connectivity index (χ3n) is 2.17. The molecule has 0 aliphatic rings. The number of pyridine rings is 1. The Morgan fingerprint density at radius 2 is 2.07 bits per heavy atom. The van der Waals surface area contributed by atoms with E-state index >= 15 is 0 Å². The summed E-state index contributed by atoms with van der Waals surface area (Å²) < 4.78 is 0. The van der Waals surface area contributed by atoms with Gasteiger partial charge in [-0.15, -0.1) is 0 Å². The molecule has 1 aromatic carbocycles. The van der Waals surface area contributed by atoms with Crippen molar-refractivity contribution in [1.29, 1.82) is 0 Å². The molecule has 0 fully saturated rings. The van der Waals surface area contributed by atoms with Crippen molar-refractivity contribution in [3.05, 3.63) is 42.1 Å². The number of hydrogen-bond donors (Lipinski definition) is 0. The van der Waals surface area contributed by atoms with Crippen molar-refractivity contribution in [3.8, 4) is 0 Å². The number of aromatic nitrogens is 1. The fourth-order valence-electron chi connectivity index (χ4n) is 1.59. The zero-order valence-corrected chi connectivity index (χ0v) is 8.57. The normalized spacial score (nSPS) is 11.1. The second kappa shape index (κ2) is 3.76. The molecule has 2 aromatic rings. The van der Waals surface area contributed by atoms with Crippen LogP contribution < -0.4 is 0 Å². The summed E-state index contributed by atoms with van der Waals surface area (Å²) in [6.07, 6.45) is 1.83. The molecule has 1 aromatic heterocycles. The third kappa shape index (κ3) is 1.91. The van der Waals surface area contributed by atoms with Gasteiger partial charge in [-0.25, -0.2) is 0 Å². The van der Waals surface area contributed by atoms with E-state index in [0.29, 0.717) is 0 Å². The van der Waals surface area contributed by atoms with Crippen LogP contribution in [0.3, 0.4) is 0 Å². The molecule has 0 spiro atoms. The lowest BCUT2D eigenvalue weighted by Gasteiger charge is -2.09. The maximum atomic E-state index is 4.29. The Hall–Kier alpha value is -1.41. The number of nitrogens with zero attached hydrogens (tertiary/aromatic N) is 2.